The molecule has 0 amide bonds. The number of hydrogen-bond donors (Lipinski definition) is 3. The van der Waals surface area contributed by atoms with Gasteiger partial charge in [-0.15, -0.1) is 0 Å². The van der Waals surface area contributed by atoms with Gasteiger partial charge in [0.25, 0.3) is 0 Å². The van der Waals surface area contributed by atoms with E-state index in [0.29, 0.717) is 6.54 Å². The van der Waals surface area contributed by atoms with E-state index in [1.165, 1.54) is 0 Å². The van der Waals surface area contributed by atoms with Gasteiger partial charge in [-0.3, -0.25) is 0 Å². The summed E-state index contributed by atoms with van der Waals surface area (Å²) in [6, 6.07) is 7.10. The fourth-order valence-electron chi connectivity index (χ4n) is 1.06. The largest absolute Gasteiger partial charge is 0.508 e. The summed E-state index contributed by atoms with van der Waals surface area (Å²) in [5.74, 6) is 0.275. The molecule has 2 unspecified atom stereocenters. The Labute approximate surface area is 84.4 Å². The molecule has 0 radical (unpaired) electrons. The lowest BCUT2D eigenvalue weighted by Crippen LogP contribution is -2.34. The lowest BCUT2D eigenvalue weighted by molar-refractivity contribution is 0.152. The lowest BCUT2D eigenvalue weighted by atomic mass is 10.1. The van der Waals surface area contributed by atoms with Crippen LogP contribution in [-0.2, 0) is 6.54 Å². The molecule has 1 aromatic carbocycles. The lowest BCUT2D eigenvalue weighted by Gasteiger charge is -2.16. The number of benzene rings is 1. The fraction of sp³-hybridized carbons (Fsp3) is 0.455. The van der Waals surface area contributed by atoms with Gasteiger partial charge in [-0.2, -0.15) is 0 Å². The molecule has 0 aliphatic heterocycles. The van der Waals surface area contributed by atoms with E-state index in [-0.39, 0.29) is 17.9 Å². The molecular weight excluding hydrogens is 178 g/mol. The van der Waals surface area contributed by atoms with Crippen LogP contribution in [0.2, 0.25) is 0 Å². The molecule has 0 fully saturated rings. The van der Waals surface area contributed by atoms with E-state index in [1.807, 2.05) is 19.1 Å². The van der Waals surface area contributed by atoms with Gasteiger partial charge in [-0.05, 0) is 31.5 Å². The molecule has 1 rings (SSSR count). The van der Waals surface area contributed by atoms with E-state index in [9.17, 15) is 5.11 Å². The van der Waals surface area contributed by atoms with Crippen molar-refractivity contribution in [3.63, 3.8) is 0 Å². The standard InChI is InChI=1S/C11H17NO2/c1-8(9(2)13)12-7-10-3-5-11(14)6-4-10/h3-6,8-9,12-14H,7H2,1-2H3. The molecule has 0 aliphatic rings. The predicted molar refractivity (Wildman–Crippen MR) is 56.1 cm³/mol. The normalized spacial score (nSPS) is 15.1. The minimum atomic E-state index is -0.355. The molecule has 3 heteroatoms. The molecule has 0 bridgehead atoms. The highest BCUT2D eigenvalue weighted by molar-refractivity contribution is 5.25. The molecule has 0 spiro atoms. The second kappa shape index (κ2) is 4.98. The highest BCUT2D eigenvalue weighted by atomic mass is 16.3. The van der Waals surface area contributed by atoms with Crippen molar-refractivity contribution in [3.8, 4) is 5.75 Å². The highest BCUT2D eigenvalue weighted by Crippen LogP contribution is 2.09. The van der Waals surface area contributed by atoms with E-state index in [4.69, 9.17) is 5.11 Å². The minimum Gasteiger partial charge on any atom is -0.508 e. The van der Waals surface area contributed by atoms with E-state index in [2.05, 4.69) is 5.32 Å². The number of aliphatic hydroxyl groups is 1. The van der Waals surface area contributed by atoms with Crippen LogP contribution in [0.15, 0.2) is 24.3 Å². The van der Waals surface area contributed by atoms with Gasteiger partial charge in [0.2, 0.25) is 0 Å². The molecule has 0 saturated carbocycles. The summed E-state index contributed by atoms with van der Waals surface area (Å²) in [6.07, 6.45) is -0.355. The van der Waals surface area contributed by atoms with Crippen molar-refractivity contribution in [3.05, 3.63) is 29.8 Å². The van der Waals surface area contributed by atoms with Crippen molar-refractivity contribution in [1.29, 1.82) is 0 Å². The summed E-state index contributed by atoms with van der Waals surface area (Å²) in [5, 5.41) is 21.5. The van der Waals surface area contributed by atoms with Gasteiger partial charge in [0.15, 0.2) is 0 Å². The van der Waals surface area contributed by atoms with Gasteiger partial charge < -0.3 is 15.5 Å². The smallest absolute Gasteiger partial charge is 0.115 e. The number of phenols is 1. The summed E-state index contributed by atoms with van der Waals surface area (Å²) in [6.45, 7) is 4.39. The average molecular weight is 195 g/mol. The number of aromatic hydroxyl groups is 1. The van der Waals surface area contributed by atoms with Crippen molar-refractivity contribution in [2.75, 3.05) is 0 Å². The van der Waals surface area contributed by atoms with Crippen LogP contribution in [0.4, 0.5) is 0 Å². The van der Waals surface area contributed by atoms with Crippen molar-refractivity contribution >= 4 is 0 Å². The summed E-state index contributed by atoms with van der Waals surface area (Å²) in [4.78, 5) is 0. The molecule has 0 saturated heterocycles. The Hall–Kier alpha value is -1.06. The zero-order valence-corrected chi connectivity index (χ0v) is 8.57. The van der Waals surface area contributed by atoms with Crippen molar-refractivity contribution in [2.24, 2.45) is 0 Å². The molecule has 78 valence electrons. The average Bonchev–Trinajstić information content (AvgIpc) is 2.16. The summed E-state index contributed by atoms with van der Waals surface area (Å²) in [5.41, 5.74) is 1.09. The number of nitrogens with one attached hydrogen (secondary N) is 1. The van der Waals surface area contributed by atoms with Gasteiger partial charge >= 0.3 is 0 Å². The molecule has 3 N–H and O–H groups in total. The maximum absolute atomic E-state index is 9.24. The monoisotopic (exact) mass is 195 g/mol. The second-order valence-electron chi connectivity index (χ2n) is 3.58. The van der Waals surface area contributed by atoms with E-state index < -0.39 is 0 Å². The zero-order chi connectivity index (χ0) is 10.6. The first kappa shape index (κ1) is 11.0. The second-order valence-corrected chi connectivity index (χ2v) is 3.58. The Morgan fingerprint density at radius 1 is 1.21 bits per heavy atom. The van der Waals surface area contributed by atoms with Gasteiger partial charge in [-0.1, -0.05) is 12.1 Å². The van der Waals surface area contributed by atoms with Gasteiger partial charge in [0.1, 0.15) is 5.75 Å². The van der Waals surface area contributed by atoms with Crippen LogP contribution in [0.3, 0.4) is 0 Å². The number of aliphatic hydroxyl groups excluding tert-OH is 1. The van der Waals surface area contributed by atoms with Crippen LogP contribution in [0.1, 0.15) is 19.4 Å². The molecule has 3 nitrogen and oxygen atoms in total. The first-order valence-corrected chi connectivity index (χ1v) is 4.79. The maximum atomic E-state index is 9.24. The van der Waals surface area contributed by atoms with Crippen molar-refractivity contribution < 1.29 is 10.2 Å². The number of phenolic OH excluding ortho intramolecular Hbond substituents is 1. The molecule has 0 aliphatic carbocycles. The Bertz CT molecular complexity index is 269. The van der Waals surface area contributed by atoms with Crippen LogP contribution >= 0.6 is 0 Å². The van der Waals surface area contributed by atoms with E-state index >= 15 is 0 Å². The first-order chi connectivity index (χ1) is 6.59. The van der Waals surface area contributed by atoms with Crippen LogP contribution in [0.25, 0.3) is 0 Å². The molecule has 0 aromatic heterocycles. The number of rotatable bonds is 4. The zero-order valence-electron chi connectivity index (χ0n) is 8.57. The van der Waals surface area contributed by atoms with Crippen LogP contribution < -0.4 is 5.32 Å². The third-order valence-electron chi connectivity index (χ3n) is 2.29. The predicted octanol–water partition coefficient (Wildman–Crippen LogP) is 1.25. The van der Waals surface area contributed by atoms with Crippen LogP contribution in [0.5, 0.6) is 5.75 Å². The molecule has 0 heterocycles. The molecular formula is C11H17NO2. The van der Waals surface area contributed by atoms with Gasteiger partial charge in [-0.25, -0.2) is 0 Å². The summed E-state index contributed by atoms with van der Waals surface area (Å²) in [7, 11) is 0. The SMILES string of the molecule is CC(O)C(C)NCc1ccc(O)cc1. The summed E-state index contributed by atoms with van der Waals surface area (Å²) < 4.78 is 0. The van der Waals surface area contributed by atoms with Crippen molar-refractivity contribution in [1.82, 2.24) is 5.32 Å². The first-order valence-electron chi connectivity index (χ1n) is 4.79. The van der Waals surface area contributed by atoms with E-state index in [0.717, 1.165) is 5.56 Å². The van der Waals surface area contributed by atoms with Crippen LogP contribution in [0, 0.1) is 0 Å². The molecule has 1 aromatic rings. The summed E-state index contributed by atoms with van der Waals surface area (Å²) >= 11 is 0. The Kier molecular flexibility index (Phi) is 3.92. The third kappa shape index (κ3) is 3.36. The Balaban J connectivity index is 2.42. The molecule has 14 heavy (non-hydrogen) atoms. The fourth-order valence-corrected chi connectivity index (χ4v) is 1.06. The maximum Gasteiger partial charge on any atom is 0.115 e. The van der Waals surface area contributed by atoms with Gasteiger partial charge in [0.05, 0.1) is 6.10 Å². The van der Waals surface area contributed by atoms with Gasteiger partial charge in [0, 0.05) is 12.6 Å². The Morgan fingerprint density at radius 3 is 2.29 bits per heavy atom. The Morgan fingerprint density at radius 2 is 1.79 bits per heavy atom. The minimum absolute atomic E-state index is 0.0730. The van der Waals surface area contributed by atoms with Crippen LogP contribution in [-0.4, -0.2) is 22.4 Å². The number of hydrogen-bond acceptors (Lipinski definition) is 3. The quantitative estimate of drug-likeness (QED) is 0.677. The van der Waals surface area contributed by atoms with Crippen molar-refractivity contribution in [2.45, 2.75) is 32.5 Å². The topological polar surface area (TPSA) is 52.5 Å². The third-order valence-corrected chi connectivity index (χ3v) is 2.29. The molecule has 2 atom stereocenters. The van der Waals surface area contributed by atoms with E-state index in [1.54, 1.807) is 19.1 Å². The highest BCUT2D eigenvalue weighted by Gasteiger charge is 2.06.